The number of ether oxygens (including phenoxy) is 1. The Morgan fingerprint density at radius 1 is 0.561 bits per heavy atom. The molecule has 0 aromatic carbocycles. The van der Waals surface area contributed by atoms with Crippen molar-refractivity contribution in [3.05, 3.63) is 0 Å². The molecule has 5 nitrogen and oxygen atoms in total. The summed E-state index contributed by atoms with van der Waals surface area (Å²) in [6, 6.07) is 0. The van der Waals surface area contributed by atoms with Gasteiger partial charge in [-0.05, 0) is 32.2 Å². The quantitative estimate of drug-likeness (QED) is 0.0597. The monoisotopic (exact) mass is 581 g/mol. The Morgan fingerprint density at radius 3 is 1.41 bits per heavy atom. The van der Waals surface area contributed by atoms with Gasteiger partial charge in [-0.1, -0.05) is 162 Å². The molecule has 0 saturated heterocycles. The van der Waals surface area contributed by atoms with Crippen LogP contribution >= 0.6 is 0 Å². The molecular weight excluding hydrogens is 508 g/mol. The van der Waals surface area contributed by atoms with E-state index in [9.17, 15) is 9.59 Å². The zero-order valence-corrected chi connectivity index (χ0v) is 27.8. The van der Waals surface area contributed by atoms with Gasteiger partial charge in [-0.25, -0.2) is 0 Å². The predicted molar refractivity (Wildman–Crippen MR) is 177 cm³/mol. The Kier molecular flexibility index (Phi) is 32.5. The van der Waals surface area contributed by atoms with Crippen LogP contribution in [0.2, 0.25) is 0 Å². The van der Waals surface area contributed by atoms with Crippen LogP contribution < -0.4 is 11.1 Å². The molecule has 0 aromatic heterocycles. The van der Waals surface area contributed by atoms with Crippen molar-refractivity contribution in [2.24, 2.45) is 11.7 Å². The largest absolute Gasteiger partial charge is 0.466 e. The van der Waals surface area contributed by atoms with Crippen molar-refractivity contribution in [2.45, 2.75) is 194 Å². The normalized spacial score (nSPS) is 12.0. The van der Waals surface area contributed by atoms with Crippen LogP contribution in [-0.2, 0) is 14.3 Å². The Morgan fingerprint density at radius 2 is 0.976 bits per heavy atom. The maximum absolute atomic E-state index is 12.8. The lowest BCUT2D eigenvalue weighted by atomic mass is 9.97. The number of amides is 1. The van der Waals surface area contributed by atoms with Crippen molar-refractivity contribution in [3.63, 3.8) is 0 Å². The average Bonchev–Trinajstić information content (AvgIpc) is 2.97. The molecule has 0 fully saturated rings. The van der Waals surface area contributed by atoms with Gasteiger partial charge in [-0.3, -0.25) is 9.59 Å². The Labute approximate surface area is 256 Å². The molecule has 1 atom stereocenters. The second-order valence-corrected chi connectivity index (χ2v) is 12.5. The van der Waals surface area contributed by atoms with Crippen LogP contribution in [0.4, 0.5) is 0 Å². The lowest BCUT2D eigenvalue weighted by Gasteiger charge is -2.16. The number of rotatable bonds is 33. The lowest BCUT2D eigenvalue weighted by Crippen LogP contribution is -2.33. The molecule has 0 radical (unpaired) electrons. The zero-order valence-electron chi connectivity index (χ0n) is 27.8. The minimum Gasteiger partial charge on any atom is -0.466 e. The van der Waals surface area contributed by atoms with Gasteiger partial charge in [0.05, 0.1) is 13.0 Å². The van der Waals surface area contributed by atoms with E-state index in [-0.39, 0.29) is 24.2 Å². The van der Waals surface area contributed by atoms with Crippen LogP contribution in [0.25, 0.3) is 0 Å². The highest BCUT2D eigenvalue weighted by Crippen LogP contribution is 2.16. The Balaban J connectivity index is 3.83. The summed E-state index contributed by atoms with van der Waals surface area (Å²) in [5.74, 6) is -0.522. The standard InChI is InChI=1S/C36H72N2O3/c1-3-5-7-9-11-13-15-16-17-18-20-22-24-28-32-41-35(39)33-34(29-25-26-30-37)36(40)38-31-27-23-21-19-14-12-10-8-6-4-2/h34H,3-33,37H2,1-2H3,(H,38,40)/t34-/m1/s1. The van der Waals surface area contributed by atoms with E-state index in [1.54, 1.807) is 0 Å². The number of carbonyl (C=O) groups excluding carboxylic acids is 2. The number of hydrogen-bond donors (Lipinski definition) is 2. The zero-order chi connectivity index (χ0) is 30.1. The van der Waals surface area contributed by atoms with Gasteiger partial charge in [0.2, 0.25) is 5.91 Å². The summed E-state index contributed by atoms with van der Waals surface area (Å²) >= 11 is 0. The van der Waals surface area contributed by atoms with E-state index in [0.717, 1.165) is 38.5 Å². The number of nitrogens with two attached hydrogens (primary N) is 1. The summed E-state index contributed by atoms with van der Waals surface area (Å²) in [5.41, 5.74) is 5.65. The topological polar surface area (TPSA) is 81.4 Å². The summed E-state index contributed by atoms with van der Waals surface area (Å²) in [6.45, 7) is 6.34. The van der Waals surface area contributed by atoms with E-state index in [4.69, 9.17) is 10.5 Å². The van der Waals surface area contributed by atoms with Crippen LogP contribution in [0.1, 0.15) is 194 Å². The van der Waals surface area contributed by atoms with Gasteiger partial charge >= 0.3 is 5.97 Å². The Bertz CT molecular complexity index is 555. The fraction of sp³-hybridized carbons (Fsp3) is 0.944. The first-order valence-corrected chi connectivity index (χ1v) is 18.3. The van der Waals surface area contributed by atoms with E-state index in [1.165, 1.54) is 128 Å². The molecule has 0 aromatic rings. The second kappa shape index (κ2) is 33.4. The first kappa shape index (κ1) is 39.9. The van der Waals surface area contributed by atoms with Crippen molar-refractivity contribution in [2.75, 3.05) is 19.7 Å². The van der Waals surface area contributed by atoms with Gasteiger partial charge in [0.1, 0.15) is 0 Å². The number of carbonyl (C=O) groups is 2. The van der Waals surface area contributed by atoms with Gasteiger partial charge < -0.3 is 15.8 Å². The van der Waals surface area contributed by atoms with Crippen molar-refractivity contribution in [3.8, 4) is 0 Å². The van der Waals surface area contributed by atoms with E-state index in [0.29, 0.717) is 26.1 Å². The molecule has 0 spiro atoms. The second-order valence-electron chi connectivity index (χ2n) is 12.5. The van der Waals surface area contributed by atoms with Crippen molar-refractivity contribution in [1.82, 2.24) is 5.32 Å². The van der Waals surface area contributed by atoms with Gasteiger partial charge in [0, 0.05) is 12.5 Å². The molecule has 0 aliphatic rings. The summed E-state index contributed by atoms with van der Waals surface area (Å²) in [7, 11) is 0. The van der Waals surface area contributed by atoms with Crippen LogP contribution in [0.5, 0.6) is 0 Å². The molecule has 0 rings (SSSR count). The van der Waals surface area contributed by atoms with E-state index >= 15 is 0 Å². The van der Waals surface area contributed by atoms with Gasteiger partial charge in [0.15, 0.2) is 0 Å². The lowest BCUT2D eigenvalue weighted by molar-refractivity contribution is -0.147. The molecule has 0 unspecified atom stereocenters. The number of nitrogens with one attached hydrogen (secondary N) is 1. The molecule has 5 heteroatoms. The molecule has 3 N–H and O–H groups in total. The third kappa shape index (κ3) is 30.2. The molecule has 0 aliphatic carbocycles. The van der Waals surface area contributed by atoms with Crippen molar-refractivity contribution in [1.29, 1.82) is 0 Å². The molecule has 0 aliphatic heterocycles. The highest BCUT2D eigenvalue weighted by molar-refractivity contribution is 5.83. The molecule has 0 heterocycles. The predicted octanol–water partition coefficient (Wildman–Crippen LogP) is 10.2. The Hall–Kier alpha value is -1.10. The number of esters is 1. The minimum absolute atomic E-state index is 0.00592. The fourth-order valence-corrected chi connectivity index (χ4v) is 5.57. The smallest absolute Gasteiger partial charge is 0.306 e. The maximum Gasteiger partial charge on any atom is 0.306 e. The molecule has 1 amide bonds. The summed E-state index contributed by atoms with van der Waals surface area (Å²) in [4.78, 5) is 25.3. The molecular formula is C36H72N2O3. The van der Waals surface area contributed by atoms with E-state index in [1.807, 2.05) is 0 Å². The fourth-order valence-electron chi connectivity index (χ4n) is 5.57. The van der Waals surface area contributed by atoms with Crippen LogP contribution in [0.15, 0.2) is 0 Å². The van der Waals surface area contributed by atoms with Crippen LogP contribution in [0, 0.1) is 5.92 Å². The third-order valence-corrected chi connectivity index (χ3v) is 8.38. The van der Waals surface area contributed by atoms with Crippen LogP contribution in [-0.4, -0.2) is 31.6 Å². The summed E-state index contributed by atoms with van der Waals surface area (Å²) in [6.07, 6.45) is 33.9. The SMILES string of the molecule is CCCCCCCCCCCCCCCCOC(=O)C[C@@H](CCCCN)C(=O)NCCCCCCCCCCCC. The van der Waals surface area contributed by atoms with Gasteiger partial charge in [-0.15, -0.1) is 0 Å². The summed E-state index contributed by atoms with van der Waals surface area (Å²) in [5, 5.41) is 3.08. The maximum atomic E-state index is 12.8. The van der Waals surface area contributed by atoms with Crippen molar-refractivity contribution >= 4 is 11.9 Å². The average molecular weight is 581 g/mol. The first-order chi connectivity index (χ1) is 20.2. The molecule has 244 valence electrons. The van der Waals surface area contributed by atoms with Gasteiger partial charge in [-0.2, -0.15) is 0 Å². The molecule has 0 saturated carbocycles. The number of unbranched alkanes of at least 4 members (excludes halogenated alkanes) is 23. The first-order valence-electron chi connectivity index (χ1n) is 18.3. The highest BCUT2D eigenvalue weighted by atomic mass is 16.5. The van der Waals surface area contributed by atoms with E-state index < -0.39 is 0 Å². The minimum atomic E-state index is -0.298. The third-order valence-electron chi connectivity index (χ3n) is 8.38. The van der Waals surface area contributed by atoms with Crippen LogP contribution in [0.3, 0.4) is 0 Å². The van der Waals surface area contributed by atoms with Gasteiger partial charge in [0.25, 0.3) is 0 Å². The number of hydrogen-bond acceptors (Lipinski definition) is 4. The van der Waals surface area contributed by atoms with Crippen molar-refractivity contribution < 1.29 is 14.3 Å². The molecule has 0 bridgehead atoms. The summed E-state index contributed by atoms with van der Waals surface area (Å²) < 4.78 is 5.50. The van der Waals surface area contributed by atoms with E-state index in [2.05, 4.69) is 19.2 Å². The highest BCUT2D eigenvalue weighted by Gasteiger charge is 2.22. The molecule has 41 heavy (non-hydrogen) atoms.